The molecule has 1 rings (SSSR count). The molecule has 0 radical (unpaired) electrons. The lowest BCUT2D eigenvalue weighted by Gasteiger charge is -2.18. The van der Waals surface area contributed by atoms with E-state index in [1.807, 2.05) is 26.8 Å². The fraction of sp³-hybridized carbons (Fsp3) is 0.600. The Bertz CT molecular complexity index is 565. The average molecular weight is 298 g/mol. The Morgan fingerprint density at radius 3 is 2.30 bits per heavy atom. The summed E-state index contributed by atoms with van der Waals surface area (Å²) < 4.78 is 27.6. The highest BCUT2D eigenvalue weighted by molar-refractivity contribution is 7.89. The van der Waals surface area contributed by atoms with Gasteiger partial charge >= 0.3 is 0 Å². The van der Waals surface area contributed by atoms with Gasteiger partial charge in [-0.1, -0.05) is 26.8 Å². The van der Waals surface area contributed by atoms with Gasteiger partial charge in [0.05, 0.1) is 4.90 Å². The molecule has 5 heteroatoms. The van der Waals surface area contributed by atoms with Crippen LogP contribution in [-0.2, 0) is 16.6 Å². The van der Waals surface area contributed by atoms with Gasteiger partial charge in [0.25, 0.3) is 0 Å². The van der Waals surface area contributed by atoms with E-state index in [9.17, 15) is 8.42 Å². The molecule has 3 N–H and O–H groups in total. The maximum Gasteiger partial charge on any atom is 0.240 e. The van der Waals surface area contributed by atoms with Crippen LogP contribution in [0.1, 0.15) is 37.5 Å². The smallest absolute Gasteiger partial charge is 0.240 e. The fourth-order valence-corrected chi connectivity index (χ4v) is 3.36. The zero-order chi connectivity index (χ0) is 15.5. The van der Waals surface area contributed by atoms with E-state index in [0.717, 1.165) is 16.7 Å². The third-order valence-corrected chi connectivity index (χ3v) is 5.49. The number of nitrogens with one attached hydrogen (secondary N) is 1. The highest BCUT2D eigenvalue weighted by Crippen LogP contribution is 2.21. The highest BCUT2D eigenvalue weighted by Gasteiger charge is 2.20. The van der Waals surface area contributed by atoms with Crippen molar-refractivity contribution in [3.8, 4) is 0 Å². The first-order valence-corrected chi connectivity index (χ1v) is 8.47. The predicted octanol–water partition coefficient (Wildman–Crippen LogP) is 2.33. The summed E-state index contributed by atoms with van der Waals surface area (Å²) in [5.74, 6) is 0.736. The zero-order valence-electron chi connectivity index (χ0n) is 13.0. The number of rotatable bonds is 6. The highest BCUT2D eigenvalue weighted by atomic mass is 32.2. The predicted molar refractivity (Wildman–Crippen MR) is 83.0 cm³/mol. The van der Waals surface area contributed by atoms with Gasteiger partial charge in [-0.3, -0.25) is 0 Å². The molecule has 1 atom stereocenters. The summed E-state index contributed by atoms with van der Waals surface area (Å²) in [6.07, 6.45) is 0. The molecular weight excluding hydrogens is 272 g/mol. The van der Waals surface area contributed by atoms with Crippen LogP contribution in [0.5, 0.6) is 0 Å². The van der Waals surface area contributed by atoms with E-state index < -0.39 is 10.0 Å². The van der Waals surface area contributed by atoms with E-state index >= 15 is 0 Å². The van der Waals surface area contributed by atoms with Gasteiger partial charge in [0.1, 0.15) is 0 Å². The Balaban J connectivity index is 3.06. The minimum Gasteiger partial charge on any atom is -0.326 e. The molecule has 0 saturated carbocycles. The van der Waals surface area contributed by atoms with Crippen LogP contribution in [0.25, 0.3) is 0 Å². The van der Waals surface area contributed by atoms with E-state index in [4.69, 9.17) is 5.73 Å². The standard InChI is InChI=1S/C15H26N2O2S/c1-10(2)12(4)9-17-20(18,19)15-7-14(8-16)6-11(3)13(15)5/h6-7,10,12,17H,8-9,16H2,1-5H3. The molecule has 0 amide bonds. The van der Waals surface area contributed by atoms with Crippen molar-refractivity contribution in [2.75, 3.05) is 6.54 Å². The number of benzene rings is 1. The molecule has 0 aromatic heterocycles. The van der Waals surface area contributed by atoms with Gasteiger partial charge in [0.15, 0.2) is 0 Å². The van der Waals surface area contributed by atoms with Crippen molar-refractivity contribution in [2.45, 2.75) is 46.1 Å². The van der Waals surface area contributed by atoms with Crippen LogP contribution in [0, 0.1) is 25.7 Å². The summed E-state index contributed by atoms with van der Waals surface area (Å²) in [5.41, 5.74) is 8.20. The van der Waals surface area contributed by atoms with Gasteiger partial charge in [0.2, 0.25) is 10.0 Å². The van der Waals surface area contributed by atoms with Crippen LogP contribution in [0.4, 0.5) is 0 Å². The molecule has 114 valence electrons. The summed E-state index contributed by atoms with van der Waals surface area (Å²) in [6, 6.07) is 3.61. The largest absolute Gasteiger partial charge is 0.326 e. The lowest BCUT2D eigenvalue weighted by atomic mass is 9.99. The molecule has 1 unspecified atom stereocenters. The Labute approximate surface area is 122 Å². The number of hydrogen-bond acceptors (Lipinski definition) is 3. The number of nitrogens with two attached hydrogens (primary N) is 1. The van der Waals surface area contributed by atoms with Gasteiger partial charge in [-0.2, -0.15) is 0 Å². The van der Waals surface area contributed by atoms with Crippen molar-refractivity contribution >= 4 is 10.0 Å². The van der Waals surface area contributed by atoms with Crippen molar-refractivity contribution in [3.05, 3.63) is 28.8 Å². The number of hydrogen-bond donors (Lipinski definition) is 2. The van der Waals surface area contributed by atoms with Crippen molar-refractivity contribution in [2.24, 2.45) is 17.6 Å². The SMILES string of the molecule is Cc1cc(CN)cc(S(=O)(=O)NCC(C)C(C)C)c1C. The molecule has 1 aromatic rings. The van der Waals surface area contributed by atoms with E-state index in [1.165, 1.54) is 0 Å². The van der Waals surface area contributed by atoms with Gasteiger partial charge in [0, 0.05) is 13.1 Å². The van der Waals surface area contributed by atoms with Crippen molar-refractivity contribution in [1.29, 1.82) is 0 Å². The second-order valence-corrected chi connectivity index (χ2v) is 7.55. The Hall–Kier alpha value is -0.910. The molecule has 0 aliphatic carbocycles. The topological polar surface area (TPSA) is 72.2 Å². The van der Waals surface area contributed by atoms with Crippen molar-refractivity contribution in [1.82, 2.24) is 4.72 Å². The summed E-state index contributed by atoms with van der Waals surface area (Å²) in [4.78, 5) is 0.342. The molecule has 0 saturated heterocycles. The van der Waals surface area contributed by atoms with E-state index in [1.54, 1.807) is 6.07 Å². The third-order valence-electron chi connectivity index (χ3n) is 3.94. The lowest BCUT2D eigenvalue weighted by molar-refractivity contribution is 0.414. The number of sulfonamides is 1. The molecule has 1 aromatic carbocycles. The molecular formula is C15H26N2O2S. The zero-order valence-corrected chi connectivity index (χ0v) is 13.8. The molecule has 0 heterocycles. The second kappa shape index (κ2) is 6.70. The van der Waals surface area contributed by atoms with Crippen molar-refractivity contribution < 1.29 is 8.42 Å². The normalized spacial score (nSPS) is 13.8. The van der Waals surface area contributed by atoms with Crippen LogP contribution in [0.2, 0.25) is 0 Å². The monoisotopic (exact) mass is 298 g/mol. The Morgan fingerprint density at radius 2 is 1.80 bits per heavy atom. The van der Waals surface area contributed by atoms with Gasteiger partial charge in [-0.15, -0.1) is 0 Å². The maximum absolute atomic E-state index is 12.4. The van der Waals surface area contributed by atoms with E-state index in [-0.39, 0.29) is 0 Å². The van der Waals surface area contributed by atoms with Gasteiger partial charge in [-0.25, -0.2) is 13.1 Å². The van der Waals surface area contributed by atoms with Crippen LogP contribution < -0.4 is 10.5 Å². The maximum atomic E-state index is 12.4. The minimum atomic E-state index is -3.48. The van der Waals surface area contributed by atoms with Crippen LogP contribution in [0.15, 0.2) is 17.0 Å². The minimum absolute atomic E-state index is 0.295. The molecule has 0 bridgehead atoms. The quantitative estimate of drug-likeness (QED) is 0.846. The molecule has 4 nitrogen and oxygen atoms in total. The molecule has 0 aliphatic heterocycles. The average Bonchev–Trinajstić information content (AvgIpc) is 2.38. The second-order valence-electron chi connectivity index (χ2n) is 5.81. The van der Waals surface area contributed by atoms with Crippen LogP contribution in [-0.4, -0.2) is 15.0 Å². The first-order chi connectivity index (χ1) is 9.19. The van der Waals surface area contributed by atoms with E-state index in [2.05, 4.69) is 18.6 Å². The summed E-state index contributed by atoms with van der Waals surface area (Å²) in [7, 11) is -3.48. The van der Waals surface area contributed by atoms with Gasteiger partial charge < -0.3 is 5.73 Å². The van der Waals surface area contributed by atoms with Crippen molar-refractivity contribution in [3.63, 3.8) is 0 Å². The summed E-state index contributed by atoms with van der Waals surface area (Å²) >= 11 is 0. The Kier molecular flexibility index (Phi) is 5.74. The summed E-state index contributed by atoms with van der Waals surface area (Å²) in [6.45, 7) is 10.7. The lowest BCUT2D eigenvalue weighted by Crippen LogP contribution is -2.31. The molecule has 0 fully saturated rings. The Morgan fingerprint density at radius 1 is 1.20 bits per heavy atom. The van der Waals surface area contributed by atoms with Crippen LogP contribution in [0.3, 0.4) is 0 Å². The first-order valence-electron chi connectivity index (χ1n) is 6.99. The van der Waals surface area contributed by atoms with E-state index in [0.29, 0.717) is 29.8 Å². The van der Waals surface area contributed by atoms with Crippen LogP contribution >= 0.6 is 0 Å². The van der Waals surface area contributed by atoms with Gasteiger partial charge in [-0.05, 0) is 48.4 Å². The first kappa shape index (κ1) is 17.1. The third kappa shape index (κ3) is 4.04. The molecule has 0 aliphatic rings. The number of aryl methyl sites for hydroxylation is 1. The molecule has 20 heavy (non-hydrogen) atoms. The molecule has 0 spiro atoms. The fourth-order valence-electron chi connectivity index (χ4n) is 1.85. The summed E-state index contributed by atoms with van der Waals surface area (Å²) in [5, 5.41) is 0.